The Bertz CT molecular complexity index is 1260. The molecule has 166 valence electrons. The molecule has 1 aliphatic heterocycles. The predicted octanol–water partition coefficient (Wildman–Crippen LogP) is 5.20. The van der Waals surface area contributed by atoms with Gasteiger partial charge in [0, 0.05) is 18.5 Å². The molecule has 0 fully saturated rings. The Morgan fingerprint density at radius 1 is 0.970 bits per heavy atom. The molecule has 5 rings (SSSR count). The quantitative estimate of drug-likeness (QED) is 0.402. The highest BCUT2D eigenvalue weighted by Gasteiger charge is 2.35. The number of aryl methyl sites for hydroxylation is 1. The summed E-state index contributed by atoms with van der Waals surface area (Å²) < 4.78 is 5.68. The van der Waals surface area contributed by atoms with Gasteiger partial charge in [0.15, 0.2) is 0 Å². The molecule has 9 nitrogen and oxygen atoms in total. The average molecular weight is 445 g/mol. The molecule has 9 heteroatoms. The van der Waals surface area contributed by atoms with E-state index in [1.54, 1.807) is 0 Å². The molecule has 1 amide bonds. The molecule has 33 heavy (non-hydrogen) atoms. The zero-order chi connectivity index (χ0) is 23.1. The average Bonchev–Trinajstić information content (AvgIpc) is 3.15. The largest absolute Gasteiger partial charge is 0.448 e. The molecule has 0 aromatic heterocycles. The van der Waals surface area contributed by atoms with Crippen molar-refractivity contribution >= 4 is 23.2 Å². The Balaban J connectivity index is 1.44. The topological polar surface area (TPSA) is 116 Å². The number of carbonyl (C=O) groups excluding carboxylic acids is 1. The number of ether oxygens (including phenoxy) is 1. The summed E-state index contributed by atoms with van der Waals surface area (Å²) in [6, 6.07) is 18.1. The van der Waals surface area contributed by atoms with Gasteiger partial charge in [-0.25, -0.2) is 4.79 Å². The highest BCUT2D eigenvalue weighted by atomic mass is 16.6. The smallest absolute Gasteiger partial charge is 0.414 e. The van der Waals surface area contributed by atoms with Gasteiger partial charge in [-0.3, -0.25) is 25.1 Å². The van der Waals surface area contributed by atoms with Crippen LogP contribution in [0.1, 0.15) is 29.0 Å². The molecular formula is C24H19N3O6. The van der Waals surface area contributed by atoms with Gasteiger partial charge in [-0.1, -0.05) is 48.5 Å². The standard InChI is InChI=1S/C24H19N3O6/c28-24(25-11-5-6-15-12-16(26(29)30)13-22(23(15)25)27(31)32)33-14-21-19-9-3-1-7-17(19)18-8-2-4-10-20(18)21/h1-4,7-10,12-13,21H,5-6,11,14H2. The van der Waals surface area contributed by atoms with Gasteiger partial charge in [-0.2, -0.15) is 0 Å². The molecule has 0 spiro atoms. The lowest BCUT2D eigenvalue weighted by molar-refractivity contribution is -0.393. The number of benzene rings is 3. The van der Waals surface area contributed by atoms with Gasteiger partial charge >= 0.3 is 6.09 Å². The van der Waals surface area contributed by atoms with Crippen LogP contribution in [0.25, 0.3) is 11.1 Å². The second kappa shape index (κ2) is 8.01. The number of fused-ring (bicyclic) bond motifs is 4. The molecule has 0 saturated carbocycles. The molecule has 2 aliphatic rings. The van der Waals surface area contributed by atoms with Crippen LogP contribution < -0.4 is 4.90 Å². The molecule has 0 N–H and O–H groups in total. The number of carbonyl (C=O) groups is 1. The van der Waals surface area contributed by atoms with E-state index >= 15 is 0 Å². The monoisotopic (exact) mass is 445 g/mol. The fraction of sp³-hybridized carbons (Fsp3) is 0.208. The van der Waals surface area contributed by atoms with Crippen LogP contribution in [0, 0.1) is 20.2 Å². The minimum Gasteiger partial charge on any atom is -0.448 e. The lowest BCUT2D eigenvalue weighted by Gasteiger charge is -2.28. The second-order valence-electron chi connectivity index (χ2n) is 8.05. The molecule has 1 heterocycles. The summed E-state index contributed by atoms with van der Waals surface area (Å²) in [5, 5.41) is 22.9. The summed E-state index contributed by atoms with van der Waals surface area (Å²) in [5.41, 5.74) is 3.96. The van der Waals surface area contributed by atoms with E-state index in [2.05, 4.69) is 0 Å². The van der Waals surface area contributed by atoms with Crippen molar-refractivity contribution in [2.45, 2.75) is 18.8 Å². The number of nitro benzene ring substituents is 2. The van der Waals surface area contributed by atoms with Crippen molar-refractivity contribution in [3.8, 4) is 11.1 Å². The van der Waals surface area contributed by atoms with Crippen LogP contribution in [0.4, 0.5) is 21.9 Å². The van der Waals surface area contributed by atoms with E-state index in [1.165, 1.54) is 11.0 Å². The third-order valence-electron chi connectivity index (χ3n) is 6.22. The maximum atomic E-state index is 13.1. The molecule has 1 aliphatic carbocycles. The maximum Gasteiger partial charge on any atom is 0.414 e. The first-order valence-corrected chi connectivity index (χ1v) is 10.5. The van der Waals surface area contributed by atoms with E-state index in [-0.39, 0.29) is 30.4 Å². The number of anilines is 1. The Morgan fingerprint density at radius 3 is 2.21 bits per heavy atom. The van der Waals surface area contributed by atoms with E-state index < -0.39 is 21.6 Å². The summed E-state index contributed by atoms with van der Waals surface area (Å²) >= 11 is 0. The zero-order valence-corrected chi connectivity index (χ0v) is 17.5. The van der Waals surface area contributed by atoms with Crippen LogP contribution >= 0.6 is 0 Å². The van der Waals surface area contributed by atoms with Crippen LogP contribution in [-0.4, -0.2) is 29.1 Å². The Hall–Kier alpha value is -4.27. The van der Waals surface area contributed by atoms with Crippen LogP contribution in [0.5, 0.6) is 0 Å². The highest BCUT2D eigenvalue weighted by molar-refractivity contribution is 5.93. The van der Waals surface area contributed by atoms with Crippen LogP contribution in [-0.2, 0) is 11.2 Å². The number of rotatable bonds is 4. The first-order valence-electron chi connectivity index (χ1n) is 10.5. The van der Waals surface area contributed by atoms with Gasteiger partial charge in [-0.05, 0) is 40.7 Å². The summed E-state index contributed by atoms with van der Waals surface area (Å²) in [5.74, 6) is -0.141. The highest BCUT2D eigenvalue weighted by Crippen LogP contribution is 2.45. The molecule has 0 radical (unpaired) electrons. The van der Waals surface area contributed by atoms with Gasteiger partial charge in [0.05, 0.1) is 15.9 Å². The van der Waals surface area contributed by atoms with Crippen LogP contribution in [0.3, 0.4) is 0 Å². The molecule has 0 saturated heterocycles. The molecule has 0 unspecified atom stereocenters. The van der Waals surface area contributed by atoms with Gasteiger partial charge in [-0.15, -0.1) is 0 Å². The van der Waals surface area contributed by atoms with Gasteiger partial charge in [0.25, 0.3) is 11.4 Å². The van der Waals surface area contributed by atoms with Crippen molar-refractivity contribution in [3.05, 3.63) is 97.6 Å². The van der Waals surface area contributed by atoms with Gasteiger partial charge in [0.2, 0.25) is 0 Å². The fourth-order valence-electron chi connectivity index (χ4n) is 4.80. The lowest BCUT2D eigenvalue weighted by atomic mass is 9.98. The summed E-state index contributed by atoms with van der Waals surface area (Å²) in [6.07, 6.45) is 0.232. The van der Waals surface area contributed by atoms with Crippen molar-refractivity contribution in [1.29, 1.82) is 0 Å². The predicted molar refractivity (Wildman–Crippen MR) is 120 cm³/mol. The fourth-order valence-corrected chi connectivity index (χ4v) is 4.80. The normalized spacial score (nSPS) is 14.2. The third kappa shape index (κ3) is 3.47. The van der Waals surface area contributed by atoms with E-state index in [9.17, 15) is 25.0 Å². The van der Waals surface area contributed by atoms with Crippen LogP contribution in [0.2, 0.25) is 0 Å². The molecule has 0 bridgehead atoms. The number of nitro groups is 2. The Labute approximate surface area is 188 Å². The van der Waals surface area contributed by atoms with Crippen molar-refractivity contribution in [1.82, 2.24) is 0 Å². The first kappa shape index (κ1) is 20.6. The third-order valence-corrected chi connectivity index (χ3v) is 6.22. The Kier molecular flexibility index (Phi) is 5.01. The summed E-state index contributed by atoms with van der Waals surface area (Å²) in [7, 11) is 0. The van der Waals surface area contributed by atoms with Crippen molar-refractivity contribution in [2.24, 2.45) is 0 Å². The van der Waals surface area contributed by atoms with E-state index in [0.717, 1.165) is 28.3 Å². The number of amides is 1. The summed E-state index contributed by atoms with van der Waals surface area (Å²) in [4.78, 5) is 35.8. The second-order valence-corrected chi connectivity index (χ2v) is 8.05. The number of nitrogens with zero attached hydrogens (tertiary/aromatic N) is 3. The number of hydrogen-bond acceptors (Lipinski definition) is 6. The molecule has 3 aromatic rings. The number of non-ortho nitro benzene ring substituents is 1. The van der Waals surface area contributed by atoms with E-state index in [4.69, 9.17) is 4.74 Å². The molecule has 3 aromatic carbocycles. The van der Waals surface area contributed by atoms with Crippen molar-refractivity contribution < 1.29 is 19.4 Å². The SMILES string of the molecule is O=C(OCC1c2ccccc2-c2ccccc21)N1CCCc2cc([N+](=O)[O-])cc([N+](=O)[O-])c21. The zero-order valence-electron chi connectivity index (χ0n) is 17.5. The van der Waals surface area contributed by atoms with E-state index in [0.29, 0.717) is 18.4 Å². The van der Waals surface area contributed by atoms with Gasteiger partial charge < -0.3 is 4.74 Å². The first-order chi connectivity index (χ1) is 16.0. The van der Waals surface area contributed by atoms with Gasteiger partial charge in [0.1, 0.15) is 12.3 Å². The minimum absolute atomic E-state index is 0.0778. The minimum atomic E-state index is -0.699. The lowest BCUT2D eigenvalue weighted by Crippen LogP contribution is -2.37. The molecule has 0 atom stereocenters. The van der Waals surface area contributed by atoms with Crippen LogP contribution in [0.15, 0.2) is 60.7 Å². The van der Waals surface area contributed by atoms with Crippen molar-refractivity contribution in [2.75, 3.05) is 18.1 Å². The van der Waals surface area contributed by atoms with E-state index in [1.807, 2.05) is 48.5 Å². The maximum absolute atomic E-state index is 13.1. The van der Waals surface area contributed by atoms with Crippen molar-refractivity contribution in [3.63, 3.8) is 0 Å². The summed E-state index contributed by atoms with van der Waals surface area (Å²) in [6.45, 7) is 0.321. The molecular weight excluding hydrogens is 426 g/mol. The Morgan fingerprint density at radius 2 is 1.61 bits per heavy atom. The number of hydrogen-bond donors (Lipinski definition) is 0.